The molecule has 6 heteroatoms. The summed E-state index contributed by atoms with van der Waals surface area (Å²) in [6, 6.07) is 0. The largest absolute Gasteiger partial charge is 0.369 e. The van der Waals surface area contributed by atoms with E-state index in [1.807, 2.05) is 6.92 Å². The molecule has 2 aromatic rings. The first-order valence-electron chi connectivity index (χ1n) is 11.0. The maximum Gasteiger partial charge on any atom is 0.261 e. The highest BCUT2D eigenvalue weighted by Gasteiger charge is 2.20. The molecule has 0 bridgehead atoms. The first kappa shape index (κ1) is 21.0. The van der Waals surface area contributed by atoms with E-state index in [0.717, 1.165) is 58.3 Å². The van der Waals surface area contributed by atoms with Crippen molar-refractivity contribution >= 4 is 33.3 Å². The fourth-order valence-corrected chi connectivity index (χ4v) is 5.19. The Hall–Kier alpha value is -1.69. The van der Waals surface area contributed by atoms with Crippen molar-refractivity contribution in [2.75, 3.05) is 18.4 Å². The number of anilines is 1. The number of nitrogens with zero attached hydrogens (tertiary/aromatic N) is 2. The molecule has 5 nitrogen and oxygen atoms in total. The zero-order valence-corrected chi connectivity index (χ0v) is 18.2. The van der Waals surface area contributed by atoms with Crippen LogP contribution in [0.3, 0.4) is 0 Å². The van der Waals surface area contributed by atoms with E-state index in [0.29, 0.717) is 0 Å². The average Bonchev–Trinajstić information content (AvgIpc) is 3.06. The molecule has 0 unspecified atom stereocenters. The Morgan fingerprint density at radius 2 is 1.96 bits per heavy atom. The quantitative estimate of drug-likeness (QED) is 0.501. The predicted octanol–water partition coefficient (Wildman–Crippen LogP) is 5.69. The molecule has 1 aliphatic carbocycles. The first-order valence-corrected chi connectivity index (χ1v) is 11.8. The van der Waals surface area contributed by atoms with Crippen LogP contribution in [0.4, 0.5) is 5.82 Å². The molecular formula is C22H34N4OS. The Balaban J connectivity index is 1.60. The number of aromatic nitrogens is 2. The van der Waals surface area contributed by atoms with Crippen molar-refractivity contribution in [1.82, 2.24) is 15.3 Å². The zero-order chi connectivity index (χ0) is 19.8. The third kappa shape index (κ3) is 5.43. The summed E-state index contributed by atoms with van der Waals surface area (Å²) in [6.07, 6.45) is 14.3. The number of unbranched alkanes of at least 4 members (excludes halogenated alkanes) is 3. The van der Waals surface area contributed by atoms with Gasteiger partial charge in [0.1, 0.15) is 17.0 Å². The summed E-state index contributed by atoms with van der Waals surface area (Å²) in [5.41, 5.74) is 0.992. The van der Waals surface area contributed by atoms with E-state index in [2.05, 4.69) is 27.5 Å². The molecule has 0 spiro atoms. The lowest BCUT2D eigenvalue weighted by Crippen LogP contribution is -2.26. The van der Waals surface area contributed by atoms with Gasteiger partial charge in [0.05, 0.1) is 10.3 Å². The van der Waals surface area contributed by atoms with Crippen LogP contribution in [0.1, 0.15) is 86.4 Å². The lowest BCUT2D eigenvalue weighted by atomic mass is 9.87. The SMILES string of the molecule is CCCCCCNc1ncnc2sc(C(=O)NCCC3CCCCC3)c(C)c12. The lowest BCUT2D eigenvalue weighted by molar-refractivity contribution is 0.0954. The van der Waals surface area contributed by atoms with Gasteiger partial charge in [-0.1, -0.05) is 58.3 Å². The molecule has 1 aliphatic rings. The van der Waals surface area contributed by atoms with E-state index in [-0.39, 0.29) is 5.91 Å². The van der Waals surface area contributed by atoms with E-state index in [9.17, 15) is 4.79 Å². The van der Waals surface area contributed by atoms with Crippen LogP contribution in [0.15, 0.2) is 6.33 Å². The highest BCUT2D eigenvalue weighted by atomic mass is 32.1. The van der Waals surface area contributed by atoms with Gasteiger partial charge in [-0.2, -0.15) is 0 Å². The van der Waals surface area contributed by atoms with Crippen molar-refractivity contribution < 1.29 is 4.79 Å². The minimum absolute atomic E-state index is 0.0326. The number of carbonyl (C=O) groups excluding carboxylic acids is 1. The van der Waals surface area contributed by atoms with Crippen molar-refractivity contribution in [3.8, 4) is 0 Å². The zero-order valence-electron chi connectivity index (χ0n) is 17.4. The Bertz CT molecular complexity index is 767. The standard InChI is InChI=1S/C22H34N4OS/c1-3-4-5-9-13-23-20-18-16(2)19(28-22(18)26-15-25-20)21(27)24-14-12-17-10-7-6-8-11-17/h15,17H,3-14H2,1-2H3,(H,24,27)(H,23,25,26). The molecule has 0 atom stereocenters. The number of rotatable bonds is 10. The monoisotopic (exact) mass is 402 g/mol. The molecule has 1 amide bonds. The van der Waals surface area contributed by atoms with Crippen molar-refractivity contribution in [2.45, 2.75) is 78.1 Å². The molecule has 0 radical (unpaired) electrons. The van der Waals surface area contributed by atoms with Crippen LogP contribution in [0.25, 0.3) is 10.2 Å². The highest BCUT2D eigenvalue weighted by Crippen LogP contribution is 2.33. The van der Waals surface area contributed by atoms with Gasteiger partial charge >= 0.3 is 0 Å². The van der Waals surface area contributed by atoms with Crippen LogP contribution in [-0.4, -0.2) is 29.0 Å². The number of carbonyl (C=O) groups is 1. The number of hydrogen-bond donors (Lipinski definition) is 2. The van der Waals surface area contributed by atoms with E-state index in [4.69, 9.17) is 0 Å². The van der Waals surface area contributed by atoms with Crippen LogP contribution in [0.5, 0.6) is 0 Å². The summed E-state index contributed by atoms with van der Waals surface area (Å²) >= 11 is 1.48. The van der Waals surface area contributed by atoms with Gasteiger partial charge in [0.2, 0.25) is 0 Å². The molecule has 154 valence electrons. The summed E-state index contributed by atoms with van der Waals surface area (Å²) in [7, 11) is 0. The van der Waals surface area contributed by atoms with Gasteiger partial charge in [-0.15, -0.1) is 11.3 Å². The van der Waals surface area contributed by atoms with Gasteiger partial charge in [-0.05, 0) is 31.2 Å². The van der Waals surface area contributed by atoms with Gasteiger partial charge in [-0.25, -0.2) is 9.97 Å². The summed E-state index contributed by atoms with van der Waals surface area (Å²) in [4.78, 5) is 23.3. The van der Waals surface area contributed by atoms with E-state index < -0.39 is 0 Å². The third-order valence-electron chi connectivity index (χ3n) is 5.82. The van der Waals surface area contributed by atoms with Crippen LogP contribution >= 0.6 is 11.3 Å². The molecule has 2 heterocycles. The minimum atomic E-state index is 0.0326. The lowest BCUT2D eigenvalue weighted by Gasteiger charge is -2.21. The van der Waals surface area contributed by atoms with Crippen LogP contribution in [-0.2, 0) is 0 Å². The van der Waals surface area contributed by atoms with Crippen molar-refractivity contribution in [2.24, 2.45) is 5.92 Å². The van der Waals surface area contributed by atoms with Crippen molar-refractivity contribution in [3.63, 3.8) is 0 Å². The molecular weight excluding hydrogens is 368 g/mol. The predicted molar refractivity (Wildman–Crippen MR) is 118 cm³/mol. The Morgan fingerprint density at radius 3 is 2.75 bits per heavy atom. The fourth-order valence-electron chi connectivity index (χ4n) is 4.13. The van der Waals surface area contributed by atoms with Gasteiger partial charge in [0.25, 0.3) is 5.91 Å². The molecule has 1 saturated carbocycles. The number of hydrogen-bond acceptors (Lipinski definition) is 5. The third-order valence-corrected chi connectivity index (χ3v) is 7.02. The maximum absolute atomic E-state index is 12.8. The topological polar surface area (TPSA) is 66.9 Å². The number of nitrogens with one attached hydrogen (secondary N) is 2. The van der Waals surface area contributed by atoms with Crippen molar-refractivity contribution in [1.29, 1.82) is 0 Å². The molecule has 1 fully saturated rings. The second-order valence-corrected chi connectivity index (χ2v) is 8.99. The van der Waals surface area contributed by atoms with Crippen LogP contribution < -0.4 is 10.6 Å². The summed E-state index contributed by atoms with van der Waals surface area (Å²) < 4.78 is 0. The molecule has 2 aromatic heterocycles. The Kier molecular flexibility index (Phi) is 8.07. The molecule has 0 saturated heterocycles. The molecule has 28 heavy (non-hydrogen) atoms. The fraction of sp³-hybridized carbons (Fsp3) is 0.682. The number of aryl methyl sites for hydroxylation is 1. The second-order valence-electron chi connectivity index (χ2n) is 7.99. The Morgan fingerprint density at radius 1 is 1.14 bits per heavy atom. The minimum Gasteiger partial charge on any atom is -0.369 e. The van der Waals surface area contributed by atoms with E-state index >= 15 is 0 Å². The van der Waals surface area contributed by atoms with Crippen LogP contribution in [0, 0.1) is 12.8 Å². The van der Waals surface area contributed by atoms with Crippen molar-refractivity contribution in [3.05, 3.63) is 16.8 Å². The first-order chi connectivity index (χ1) is 13.7. The summed E-state index contributed by atoms with van der Waals surface area (Å²) in [6.45, 7) is 5.91. The number of fused-ring (bicyclic) bond motifs is 1. The summed E-state index contributed by atoms with van der Waals surface area (Å²) in [5, 5.41) is 7.59. The normalized spacial score (nSPS) is 15.1. The van der Waals surface area contributed by atoms with E-state index in [1.165, 1.54) is 62.7 Å². The molecule has 2 N–H and O–H groups in total. The molecule has 0 aliphatic heterocycles. The smallest absolute Gasteiger partial charge is 0.261 e. The molecule has 0 aromatic carbocycles. The maximum atomic E-state index is 12.8. The van der Waals surface area contributed by atoms with Crippen LogP contribution in [0.2, 0.25) is 0 Å². The van der Waals surface area contributed by atoms with Gasteiger partial charge in [-0.3, -0.25) is 4.79 Å². The van der Waals surface area contributed by atoms with Gasteiger partial charge in [0.15, 0.2) is 0 Å². The van der Waals surface area contributed by atoms with Gasteiger partial charge in [0, 0.05) is 13.1 Å². The number of amides is 1. The average molecular weight is 403 g/mol. The Labute approximate surface area is 172 Å². The van der Waals surface area contributed by atoms with Gasteiger partial charge < -0.3 is 10.6 Å². The highest BCUT2D eigenvalue weighted by molar-refractivity contribution is 7.20. The van der Waals surface area contributed by atoms with E-state index in [1.54, 1.807) is 6.33 Å². The number of thiophene rings is 1. The summed E-state index contributed by atoms with van der Waals surface area (Å²) in [5.74, 6) is 1.67. The molecule has 3 rings (SSSR count). The second kappa shape index (κ2) is 10.7.